The van der Waals surface area contributed by atoms with E-state index in [0.717, 1.165) is 64.2 Å². The Morgan fingerprint density at radius 1 is 0.470 bits per heavy atom. The van der Waals surface area contributed by atoms with Gasteiger partial charge >= 0.3 is 17.9 Å². The predicted octanol–water partition coefficient (Wildman–Crippen LogP) is 15.7. The zero-order valence-corrected chi connectivity index (χ0v) is 43.9. The summed E-state index contributed by atoms with van der Waals surface area (Å²) in [6.45, 7) is 4.79. The number of carboxylic acids is 1. The first-order valence-corrected chi connectivity index (χ1v) is 27.7. The van der Waals surface area contributed by atoms with E-state index in [4.69, 9.17) is 18.9 Å². The maximum absolute atomic E-state index is 12.8. The minimum Gasteiger partial charge on any atom is -0.477 e. The average molecular weight is 933 g/mol. The molecule has 0 aromatic rings. The summed E-state index contributed by atoms with van der Waals surface area (Å²) in [6.07, 6.45) is 55.1. The van der Waals surface area contributed by atoms with Crippen molar-refractivity contribution in [3.05, 3.63) is 36.5 Å². The first-order valence-electron chi connectivity index (χ1n) is 27.7. The van der Waals surface area contributed by atoms with E-state index in [1.165, 1.54) is 154 Å². The maximum Gasteiger partial charge on any atom is 0.361 e. The van der Waals surface area contributed by atoms with Crippen LogP contribution >= 0.6 is 0 Å². The van der Waals surface area contributed by atoms with E-state index < -0.39 is 24.3 Å². The van der Waals surface area contributed by atoms with Gasteiger partial charge in [-0.2, -0.15) is 0 Å². The van der Waals surface area contributed by atoms with E-state index in [1.807, 2.05) is 21.1 Å². The second-order valence-corrected chi connectivity index (χ2v) is 19.9. The lowest BCUT2D eigenvalue weighted by molar-refractivity contribution is -0.870. The second kappa shape index (κ2) is 48.9. The molecule has 0 aromatic heterocycles. The third-order valence-corrected chi connectivity index (χ3v) is 12.2. The van der Waals surface area contributed by atoms with Crippen molar-refractivity contribution in [1.82, 2.24) is 0 Å². The van der Waals surface area contributed by atoms with Crippen molar-refractivity contribution in [3.8, 4) is 0 Å². The summed E-state index contributed by atoms with van der Waals surface area (Å²) < 4.78 is 22.8. The summed E-state index contributed by atoms with van der Waals surface area (Å²) in [7, 11) is 5.96. The number of aliphatic carboxylic acids is 1. The normalized spacial score (nSPS) is 13.0. The Morgan fingerprint density at radius 3 is 1.29 bits per heavy atom. The van der Waals surface area contributed by atoms with Gasteiger partial charge in [-0.3, -0.25) is 9.59 Å². The molecule has 0 aliphatic rings. The third kappa shape index (κ3) is 49.4. The van der Waals surface area contributed by atoms with Crippen LogP contribution in [0.4, 0.5) is 0 Å². The van der Waals surface area contributed by atoms with E-state index in [-0.39, 0.29) is 32.2 Å². The van der Waals surface area contributed by atoms with Crippen LogP contribution in [0, 0.1) is 0 Å². The molecule has 1 N–H and O–H groups in total. The number of ether oxygens (including phenoxy) is 4. The molecule has 9 nitrogen and oxygen atoms in total. The van der Waals surface area contributed by atoms with Gasteiger partial charge in [0, 0.05) is 12.8 Å². The molecular formula is C57H106NO8+. The predicted molar refractivity (Wildman–Crippen MR) is 277 cm³/mol. The van der Waals surface area contributed by atoms with Crippen LogP contribution in [0.2, 0.25) is 0 Å². The number of hydrogen-bond acceptors (Lipinski definition) is 7. The fraction of sp³-hybridized carbons (Fsp3) is 0.842. The van der Waals surface area contributed by atoms with E-state index in [0.29, 0.717) is 23.9 Å². The summed E-state index contributed by atoms with van der Waals surface area (Å²) >= 11 is 0. The van der Waals surface area contributed by atoms with Crippen molar-refractivity contribution < 1.29 is 42.9 Å². The lowest BCUT2D eigenvalue weighted by Crippen LogP contribution is -2.40. The van der Waals surface area contributed by atoms with Crippen molar-refractivity contribution in [2.45, 2.75) is 264 Å². The van der Waals surface area contributed by atoms with Crippen LogP contribution in [-0.4, -0.2) is 87.4 Å². The molecule has 0 fully saturated rings. The van der Waals surface area contributed by atoms with Gasteiger partial charge in [0.1, 0.15) is 13.2 Å². The molecular weight excluding hydrogens is 827 g/mol. The van der Waals surface area contributed by atoms with Gasteiger partial charge in [0.05, 0.1) is 34.4 Å². The molecule has 0 rings (SSSR count). The zero-order valence-electron chi connectivity index (χ0n) is 43.9. The van der Waals surface area contributed by atoms with Crippen LogP contribution in [-0.2, 0) is 33.3 Å². The average Bonchev–Trinajstić information content (AvgIpc) is 3.28. The number of carbonyl (C=O) groups excluding carboxylic acids is 2. The van der Waals surface area contributed by atoms with Crippen LogP contribution in [0.15, 0.2) is 36.5 Å². The summed E-state index contributed by atoms with van der Waals surface area (Å²) in [4.78, 5) is 37.3. The number of hydrogen-bond donors (Lipinski definition) is 1. The summed E-state index contributed by atoms with van der Waals surface area (Å²) in [5.74, 6) is -2.01. The fourth-order valence-electron chi connectivity index (χ4n) is 7.91. The van der Waals surface area contributed by atoms with Gasteiger partial charge in [-0.15, -0.1) is 0 Å². The number of unbranched alkanes of at least 4 members (excludes halogenated alkanes) is 30. The number of likely N-dealkylation sites (N-methyl/N-ethyl adjacent to an activating group) is 1. The molecule has 0 amide bonds. The Kier molecular flexibility index (Phi) is 47.1. The highest BCUT2D eigenvalue weighted by atomic mass is 16.7. The maximum atomic E-state index is 12.8. The van der Waals surface area contributed by atoms with E-state index in [2.05, 4.69) is 50.3 Å². The number of carboxylic acid groups (broad SMARTS) is 1. The van der Waals surface area contributed by atoms with Crippen LogP contribution in [0.25, 0.3) is 0 Å². The Bertz CT molecular complexity index is 1180. The Morgan fingerprint density at radius 2 is 0.864 bits per heavy atom. The highest BCUT2D eigenvalue weighted by Crippen LogP contribution is 2.17. The molecule has 2 atom stereocenters. The molecule has 0 bridgehead atoms. The van der Waals surface area contributed by atoms with Gasteiger partial charge < -0.3 is 28.5 Å². The van der Waals surface area contributed by atoms with Gasteiger partial charge in [0.25, 0.3) is 6.29 Å². The van der Waals surface area contributed by atoms with Crippen molar-refractivity contribution >= 4 is 17.9 Å². The number of esters is 2. The molecule has 0 spiro atoms. The largest absolute Gasteiger partial charge is 0.477 e. The molecule has 66 heavy (non-hydrogen) atoms. The van der Waals surface area contributed by atoms with Gasteiger partial charge in [-0.25, -0.2) is 4.79 Å². The lowest BCUT2D eigenvalue weighted by Gasteiger charge is -2.25. The molecule has 0 saturated carbocycles. The van der Waals surface area contributed by atoms with Crippen LogP contribution in [0.3, 0.4) is 0 Å². The number of rotatable bonds is 51. The summed E-state index contributed by atoms with van der Waals surface area (Å²) in [6, 6.07) is 0. The second-order valence-electron chi connectivity index (χ2n) is 19.9. The van der Waals surface area contributed by atoms with Gasteiger partial charge in [0.2, 0.25) is 0 Å². The highest BCUT2D eigenvalue weighted by molar-refractivity contribution is 5.71. The molecule has 0 heterocycles. The smallest absolute Gasteiger partial charge is 0.361 e. The van der Waals surface area contributed by atoms with Crippen LogP contribution in [0.5, 0.6) is 0 Å². The van der Waals surface area contributed by atoms with E-state index >= 15 is 0 Å². The Labute approximate surface area is 407 Å². The highest BCUT2D eigenvalue weighted by Gasteiger charge is 2.25. The number of quaternary nitrogens is 1. The Balaban J connectivity index is 4.22. The minimum absolute atomic E-state index is 0.183. The summed E-state index contributed by atoms with van der Waals surface area (Å²) in [5, 5.41) is 9.68. The summed E-state index contributed by atoms with van der Waals surface area (Å²) in [5.41, 5.74) is 0. The SMILES string of the molecule is CC/C=C\C/C=C\C/C=C\CCCCCCCCCC(=O)OC(COC(=O)CCCCCCCCCCCCCCCCCCCCCCCCCC)COC(OCC[N+](C)(C)C)C(=O)O. The molecule has 0 aliphatic carbocycles. The van der Waals surface area contributed by atoms with Crippen molar-refractivity contribution in [2.24, 2.45) is 0 Å². The number of carbonyl (C=O) groups is 3. The van der Waals surface area contributed by atoms with Crippen molar-refractivity contribution in [1.29, 1.82) is 0 Å². The first kappa shape index (κ1) is 63.5. The van der Waals surface area contributed by atoms with E-state index in [1.54, 1.807) is 0 Å². The van der Waals surface area contributed by atoms with Crippen molar-refractivity contribution in [2.75, 3.05) is 47.5 Å². The number of allylic oxidation sites excluding steroid dienone is 6. The van der Waals surface area contributed by atoms with Crippen LogP contribution < -0.4 is 0 Å². The minimum atomic E-state index is -1.51. The molecule has 9 heteroatoms. The third-order valence-electron chi connectivity index (χ3n) is 12.2. The lowest BCUT2D eigenvalue weighted by atomic mass is 10.0. The van der Waals surface area contributed by atoms with Gasteiger partial charge in [-0.05, 0) is 44.9 Å². The Hall–Kier alpha value is -2.49. The molecule has 0 radical (unpaired) electrons. The standard InChI is InChI=1S/C57H105NO8/c1-6-8-10-12-14-16-18-20-22-24-25-26-27-28-29-30-32-33-35-37-39-41-43-45-47-54(59)64-51-53(52-65-57(56(61)62)63-50-49-58(3,4)5)66-55(60)48-46-44-42-40-38-36-34-31-23-21-19-17-15-13-11-9-7-2/h9,11,15,17,21,23,53,57H,6-8,10,12-14,16,18-20,22,24-52H2,1-5H3/p+1/b11-9-,17-15-,23-21-. The molecule has 0 saturated heterocycles. The van der Waals surface area contributed by atoms with Gasteiger partial charge in [-0.1, -0.05) is 230 Å². The molecule has 0 aliphatic heterocycles. The number of nitrogens with zero attached hydrogens (tertiary/aromatic N) is 1. The molecule has 0 aromatic carbocycles. The first-order chi connectivity index (χ1) is 32.1. The van der Waals surface area contributed by atoms with E-state index in [9.17, 15) is 19.5 Å². The topological polar surface area (TPSA) is 108 Å². The van der Waals surface area contributed by atoms with Crippen LogP contribution in [0.1, 0.15) is 251 Å². The zero-order chi connectivity index (χ0) is 48.4. The fourth-order valence-corrected chi connectivity index (χ4v) is 7.91. The quantitative estimate of drug-likeness (QED) is 0.0211. The van der Waals surface area contributed by atoms with Crippen molar-refractivity contribution in [3.63, 3.8) is 0 Å². The molecule has 2 unspecified atom stereocenters. The molecule has 386 valence electrons. The monoisotopic (exact) mass is 933 g/mol. The van der Waals surface area contributed by atoms with Gasteiger partial charge in [0.15, 0.2) is 6.10 Å².